The minimum absolute atomic E-state index is 0.147. The van der Waals surface area contributed by atoms with Gasteiger partial charge in [-0.25, -0.2) is 13.8 Å². The highest BCUT2D eigenvalue weighted by Gasteiger charge is 2.23. The van der Waals surface area contributed by atoms with E-state index in [2.05, 4.69) is 20.9 Å². The molecule has 1 aromatic rings. The van der Waals surface area contributed by atoms with Crippen LogP contribution in [0, 0.1) is 10.1 Å². The molecule has 4 nitrogen and oxygen atoms in total. The van der Waals surface area contributed by atoms with E-state index in [4.69, 9.17) is 0 Å². The van der Waals surface area contributed by atoms with Gasteiger partial charge in [0.1, 0.15) is 4.60 Å². The Morgan fingerprint density at radius 3 is 2.62 bits per heavy atom. The third-order valence-corrected chi connectivity index (χ3v) is 1.71. The van der Waals surface area contributed by atoms with Gasteiger partial charge in [0.25, 0.3) is 12.1 Å². The Bertz CT molecular complexity index is 345. The molecule has 0 N–H and O–H groups in total. The summed E-state index contributed by atoms with van der Waals surface area (Å²) < 4.78 is 24.5. The van der Waals surface area contributed by atoms with Gasteiger partial charge in [-0.15, -0.1) is 0 Å². The van der Waals surface area contributed by atoms with Crippen LogP contribution in [0.2, 0.25) is 0 Å². The summed E-state index contributed by atoms with van der Waals surface area (Å²) in [5.74, 6) is 0. The molecule has 0 spiro atoms. The third kappa shape index (κ3) is 2.18. The molecule has 1 rings (SSSR count). The lowest BCUT2D eigenvalue weighted by atomic mass is 10.3. The Hall–Kier alpha value is -1.11. The molecule has 0 aliphatic heterocycles. The highest BCUT2D eigenvalue weighted by atomic mass is 79.9. The van der Waals surface area contributed by atoms with Crippen LogP contribution in [0.15, 0.2) is 16.7 Å². The van der Waals surface area contributed by atoms with E-state index >= 15 is 0 Å². The summed E-state index contributed by atoms with van der Waals surface area (Å²) in [5.41, 5.74) is -1.49. The van der Waals surface area contributed by atoms with Crippen molar-refractivity contribution < 1.29 is 13.7 Å². The number of alkyl halides is 2. The van der Waals surface area contributed by atoms with Gasteiger partial charge in [0, 0.05) is 6.07 Å². The van der Waals surface area contributed by atoms with Crippen molar-refractivity contribution in [3.8, 4) is 0 Å². The number of halogens is 3. The summed E-state index contributed by atoms with van der Waals surface area (Å²) in [6.07, 6.45) is -2.95. The molecule has 0 fully saturated rings. The number of hydrogen-bond acceptors (Lipinski definition) is 3. The first kappa shape index (κ1) is 9.97. The summed E-state index contributed by atoms with van der Waals surface area (Å²) in [4.78, 5) is 12.7. The van der Waals surface area contributed by atoms with Crippen LogP contribution in [0.3, 0.4) is 0 Å². The average Bonchev–Trinajstić information content (AvgIpc) is 2.03. The molecule has 0 atom stereocenters. The Morgan fingerprint density at radius 1 is 1.54 bits per heavy atom. The lowest BCUT2D eigenvalue weighted by Gasteiger charge is -2.00. The molecule has 70 valence electrons. The fourth-order valence-corrected chi connectivity index (χ4v) is 1.08. The van der Waals surface area contributed by atoms with Crippen LogP contribution in [-0.4, -0.2) is 9.91 Å². The van der Waals surface area contributed by atoms with Crippen LogP contribution < -0.4 is 0 Å². The van der Waals surface area contributed by atoms with E-state index in [1.807, 2.05) is 0 Å². The van der Waals surface area contributed by atoms with Gasteiger partial charge in [-0.3, -0.25) is 10.1 Å². The first-order valence-electron chi connectivity index (χ1n) is 3.11. The first-order valence-corrected chi connectivity index (χ1v) is 3.90. The van der Waals surface area contributed by atoms with Crippen molar-refractivity contribution in [3.05, 3.63) is 32.5 Å². The van der Waals surface area contributed by atoms with Crippen molar-refractivity contribution in [1.82, 2.24) is 4.98 Å². The molecule has 0 aromatic carbocycles. The van der Waals surface area contributed by atoms with Gasteiger partial charge in [0.15, 0.2) is 5.69 Å². The second kappa shape index (κ2) is 3.73. The van der Waals surface area contributed by atoms with Crippen molar-refractivity contribution >= 4 is 21.6 Å². The van der Waals surface area contributed by atoms with E-state index in [1.165, 1.54) is 6.07 Å². The molecule has 0 aliphatic carbocycles. The van der Waals surface area contributed by atoms with Gasteiger partial charge in [0.2, 0.25) is 0 Å². The Morgan fingerprint density at radius 2 is 2.15 bits per heavy atom. The molecule has 13 heavy (non-hydrogen) atoms. The zero-order valence-electron chi connectivity index (χ0n) is 6.08. The van der Waals surface area contributed by atoms with Crippen molar-refractivity contribution in [2.24, 2.45) is 0 Å². The maximum atomic E-state index is 12.2. The largest absolute Gasteiger partial charge is 0.296 e. The topological polar surface area (TPSA) is 56.0 Å². The Kier molecular flexibility index (Phi) is 2.86. The van der Waals surface area contributed by atoms with Gasteiger partial charge < -0.3 is 0 Å². The lowest BCUT2D eigenvalue weighted by molar-refractivity contribution is -0.386. The molecule has 0 bridgehead atoms. The molecular formula is C6H3BrF2N2O2. The second-order valence-corrected chi connectivity index (χ2v) is 2.91. The van der Waals surface area contributed by atoms with Crippen LogP contribution in [0.25, 0.3) is 0 Å². The average molecular weight is 253 g/mol. The van der Waals surface area contributed by atoms with Gasteiger partial charge in [-0.2, -0.15) is 0 Å². The molecule has 1 aromatic heterocycles. The van der Waals surface area contributed by atoms with Crippen molar-refractivity contribution in [1.29, 1.82) is 0 Å². The van der Waals surface area contributed by atoms with E-state index in [-0.39, 0.29) is 4.60 Å². The molecule has 0 saturated carbocycles. The highest BCUT2D eigenvalue weighted by molar-refractivity contribution is 9.10. The van der Waals surface area contributed by atoms with Gasteiger partial charge in [0.05, 0.1) is 4.92 Å². The standard InChI is InChI=1S/C6H3BrF2N2O2/c7-4-2-1-3(11(12)13)5(10-4)6(8)9/h1-2,6H. The quantitative estimate of drug-likeness (QED) is 0.462. The number of rotatable bonds is 2. The number of pyridine rings is 1. The second-order valence-electron chi connectivity index (χ2n) is 2.10. The Balaban J connectivity index is 3.26. The van der Waals surface area contributed by atoms with Gasteiger partial charge in [-0.05, 0) is 22.0 Å². The monoisotopic (exact) mass is 252 g/mol. The lowest BCUT2D eigenvalue weighted by Crippen LogP contribution is -1.98. The molecule has 0 saturated heterocycles. The number of nitrogens with zero attached hydrogens (tertiary/aromatic N) is 2. The molecule has 7 heteroatoms. The predicted molar refractivity (Wildman–Crippen MR) is 43.5 cm³/mol. The zero-order valence-corrected chi connectivity index (χ0v) is 7.66. The van der Waals surface area contributed by atoms with Crippen molar-refractivity contribution in [3.63, 3.8) is 0 Å². The van der Waals surface area contributed by atoms with E-state index in [1.54, 1.807) is 0 Å². The van der Waals surface area contributed by atoms with E-state index in [9.17, 15) is 18.9 Å². The summed E-state index contributed by atoms with van der Waals surface area (Å²) in [6, 6.07) is 2.22. The van der Waals surface area contributed by atoms with E-state index in [0.29, 0.717) is 0 Å². The summed E-state index contributed by atoms with van der Waals surface area (Å²) >= 11 is 2.85. The third-order valence-electron chi connectivity index (χ3n) is 1.27. The number of aromatic nitrogens is 1. The van der Waals surface area contributed by atoms with Gasteiger partial charge in [-0.1, -0.05) is 0 Å². The minimum Gasteiger partial charge on any atom is -0.258 e. The molecule has 0 amide bonds. The first-order chi connectivity index (χ1) is 6.02. The maximum Gasteiger partial charge on any atom is 0.296 e. The normalized spacial score (nSPS) is 10.5. The minimum atomic E-state index is -2.95. The van der Waals surface area contributed by atoms with E-state index in [0.717, 1.165) is 6.07 Å². The highest BCUT2D eigenvalue weighted by Crippen LogP contribution is 2.27. The van der Waals surface area contributed by atoms with Crippen molar-refractivity contribution in [2.45, 2.75) is 6.43 Å². The number of nitro groups is 1. The van der Waals surface area contributed by atoms with Crippen molar-refractivity contribution in [2.75, 3.05) is 0 Å². The molecule has 0 unspecified atom stereocenters. The summed E-state index contributed by atoms with van der Waals surface area (Å²) in [7, 11) is 0. The summed E-state index contributed by atoms with van der Waals surface area (Å²) in [6.45, 7) is 0. The molecule has 1 heterocycles. The van der Waals surface area contributed by atoms with Gasteiger partial charge >= 0.3 is 0 Å². The maximum absolute atomic E-state index is 12.2. The fourth-order valence-electron chi connectivity index (χ4n) is 0.758. The smallest absolute Gasteiger partial charge is 0.258 e. The molecular weight excluding hydrogens is 250 g/mol. The predicted octanol–water partition coefficient (Wildman–Crippen LogP) is 2.69. The fraction of sp³-hybridized carbons (Fsp3) is 0.167. The SMILES string of the molecule is O=[N+]([O-])c1ccc(Br)nc1C(F)F. The van der Waals surface area contributed by atoms with Crippen LogP contribution in [-0.2, 0) is 0 Å². The van der Waals surface area contributed by atoms with Crippen LogP contribution >= 0.6 is 15.9 Å². The van der Waals surface area contributed by atoms with Crippen LogP contribution in [0.1, 0.15) is 12.1 Å². The Labute approximate surface area is 79.9 Å². The molecule has 0 aliphatic rings. The van der Waals surface area contributed by atoms with Crippen LogP contribution in [0.4, 0.5) is 14.5 Å². The van der Waals surface area contributed by atoms with E-state index < -0.39 is 22.7 Å². The van der Waals surface area contributed by atoms with Crippen LogP contribution in [0.5, 0.6) is 0 Å². The zero-order chi connectivity index (χ0) is 10.0. The summed E-state index contributed by atoms with van der Waals surface area (Å²) in [5, 5.41) is 10.3. The molecule has 0 radical (unpaired) electrons. The number of hydrogen-bond donors (Lipinski definition) is 0.